The lowest BCUT2D eigenvalue weighted by Gasteiger charge is -2.29. The third-order valence-electron chi connectivity index (χ3n) is 3.64. The number of rotatable bonds is 7. The molecule has 0 saturated heterocycles. The molecular formula is C16H22ClNO3. The lowest BCUT2D eigenvalue weighted by Crippen LogP contribution is -2.23. The van der Waals surface area contributed by atoms with E-state index in [1.807, 2.05) is 12.1 Å². The molecule has 0 aliphatic heterocycles. The van der Waals surface area contributed by atoms with Crippen LogP contribution in [-0.4, -0.2) is 24.7 Å². The summed E-state index contributed by atoms with van der Waals surface area (Å²) in [5.41, 5.74) is 0.579. The molecule has 4 nitrogen and oxygen atoms in total. The van der Waals surface area contributed by atoms with Gasteiger partial charge in [-0.1, -0.05) is 31.5 Å². The van der Waals surface area contributed by atoms with E-state index in [0.29, 0.717) is 17.6 Å². The number of hydrogen-bond donors (Lipinski definition) is 0. The van der Waals surface area contributed by atoms with Crippen LogP contribution in [-0.2, 0) is 14.9 Å². The van der Waals surface area contributed by atoms with Gasteiger partial charge in [0.15, 0.2) is 0 Å². The molecule has 5 heteroatoms. The number of esters is 1. The van der Waals surface area contributed by atoms with E-state index in [4.69, 9.17) is 21.1 Å². The minimum atomic E-state index is -0.343. The quantitative estimate of drug-likeness (QED) is 0.435. The fourth-order valence-electron chi connectivity index (χ4n) is 2.33. The average molecular weight is 312 g/mol. The molecule has 0 aliphatic carbocycles. The van der Waals surface area contributed by atoms with Crippen LogP contribution in [0.5, 0.6) is 5.88 Å². The number of hydrogen-bond acceptors (Lipinski definition) is 4. The Hall–Kier alpha value is -1.55. The molecule has 1 aromatic heterocycles. The summed E-state index contributed by atoms with van der Waals surface area (Å²) in [6.45, 7) is 6.27. The van der Waals surface area contributed by atoms with Crippen molar-refractivity contribution < 1.29 is 14.3 Å². The molecule has 1 heterocycles. The first-order valence-corrected chi connectivity index (χ1v) is 7.47. The molecule has 0 amide bonds. The molecular weight excluding hydrogens is 290 g/mol. The minimum absolute atomic E-state index is 0.338. The number of methoxy groups -OCH3 is 1. The summed E-state index contributed by atoms with van der Waals surface area (Å²) >= 11 is 5.92. The standard InChI is InChI=1S/C16H22ClNO3/c1-5-16(6-2,11-10-14(19)21-7-3)12-8-9-13(17)18-15(12)20-4/h8-11H,5-7H2,1-4H3/b11-10+. The van der Waals surface area contributed by atoms with Crippen molar-refractivity contribution in [2.75, 3.05) is 13.7 Å². The van der Waals surface area contributed by atoms with Crippen LogP contribution in [0.15, 0.2) is 24.3 Å². The van der Waals surface area contributed by atoms with Gasteiger partial charge in [0.2, 0.25) is 5.88 Å². The summed E-state index contributed by atoms with van der Waals surface area (Å²) in [7, 11) is 1.56. The Labute approximate surface area is 131 Å². The van der Waals surface area contributed by atoms with E-state index in [2.05, 4.69) is 18.8 Å². The van der Waals surface area contributed by atoms with Crippen LogP contribution in [0, 0.1) is 0 Å². The molecule has 0 spiro atoms. The Morgan fingerprint density at radius 1 is 1.33 bits per heavy atom. The van der Waals surface area contributed by atoms with Gasteiger partial charge in [0.05, 0.1) is 13.7 Å². The molecule has 0 saturated carbocycles. The van der Waals surface area contributed by atoms with Crippen LogP contribution in [0.3, 0.4) is 0 Å². The van der Waals surface area contributed by atoms with Crippen LogP contribution in [0.4, 0.5) is 0 Å². The summed E-state index contributed by atoms with van der Waals surface area (Å²) in [4.78, 5) is 15.8. The van der Waals surface area contributed by atoms with E-state index >= 15 is 0 Å². The SMILES string of the molecule is CCOC(=O)/C=C/C(CC)(CC)c1ccc(Cl)nc1OC. The smallest absolute Gasteiger partial charge is 0.330 e. The summed E-state index contributed by atoms with van der Waals surface area (Å²) in [5.74, 6) is 0.143. The third kappa shape index (κ3) is 4.21. The van der Waals surface area contributed by atoms with Crippen LogP contribution in [0.2, 0.25) is 5.15 Å². The van der Waals surface area contributed by atoms with Gasteiger partial charge in [0.1, 0.15) is 5.15 Å². The number of ether oxygens (including phenoxy) is 2. The Kier molecular flexibility index (Phi) is 6.69. The van der Waals surface area contributed by atoms with Gasteiger partial charge in [-0.25, -0.2) is 9.78 Å². The van der Waals surface area contributed by atoms with Gasteiger partial charge in [-0.15, -0.1) is 0 Å². The first-order valence-electron chi connectivity index (χ1n) is 7.10. The highest BCUT2D eigenvalue weighted by atomic mass is 35.5. The summed E-state index contributed by atoms with van der Waals surface area (Å²) in [5, 5.41) is 0.381. The molecule has 1 rings (SSSR count). The second kappa shape index (κ2) is 8.03. The predicted octanol–water partition coefficient (Wildman–Crippen LogP) is 3.92. The first kappa shape index (κ1) is 17.5. The lowest BCUT2D eigenvalue weighted by atomic mass is 9.76. The highest BCUT2D eigenvalue weighted by molar-refractivity contribution is 6.29. The molecule has 0 unspecified atom stereocenters. The second-order valence-electron chi connectivity index (χ2n) is 4.64. The normalized spacial score (nSPS) is 11.7. The zero-order chi connectivity index (χ0) is 15.9. The fraction of sp³-hybridized carbons (Fsp3) is 0.500. The van der Waals surface area contributed by atoms with Gasteiger partial charge in [-0.05, 0) is 31.9 Å². The molecule has 0 N–H and O–H groups in total. The predicted molar refractivity (Wildman–Crippen MR) is 83.8 cm³/mol. The van der Waals surface area contributed by atoms with Crippen molar-refractivity contribution in [2.45, 2.75) is 39.0 Å². The lowest BCUT2D eigenvalue weighted by molar-refractivity contribution is -0.137. The van der Waals surface area contributed by atoms with E-state index in [-0.39, 0.29) is 11.4 Å². The third-order valence-corrected chi connectivity index (χ3v) is 3.85. The van der Waals surface area contributed by atoms with Crippen LogP contribution < -0.4 is 4.74 Å². The number of pyridine rings is 1. The molecule has 1 aromatic rings. The fourth-order valence-corrected chi connectivity index (χ4v) is 2.47. The molecule has 116 valence electrons. The van der Waals surface area contributed by atoms with Crippen LogP contribution in [0.1, 0.15) is 39.2 Å². The molecule has 0 radical (unpaired) electrons. The van der Waals surface area contributed by atoms with Crippen molar-refractivity contribution in [1.82, 2.24) is 4.98 Å². The molecule has 0 aromatic carbocycles. The van der Waals surface area contributed by atoms with Crippen molar-refractivity contribution in [1.29, 1.82) is 0 Å². The summed E-state index contributed by atoms with van der Waals surface area (Å²) in [6.07, 6.45) is 4.96. The number of carbonyl (C=O) groups excluding carboxylic acids is 1. The number of halogens is 1. The largest absolute Gasteiger partial charge is 0.481 e. The second-order valence-corrected chi connectivity index (χ2v) is 5.03. The van der Waals surface area contributed by atoms with E-state index in [0.717, 1.165) is 18.4 Å². The highest BCUT2D eigenvalue weighted by Crippen LogP contribution is 2.38. The Morgan fingerprint density at radius 2 is 2.00 bits per heavy atom. The maximum Gasteiger partial charge on any atom is 0.330 e. The minimum Gasteiger partial charge on any atom is -0.481 e. The molecule has 21 heavy (non-hydrogen) atoms. The van der Waals surface area contributed by atoms with Crippen molar-refractivity contribution in [2.24, 2.45) is 0 Å². The van der Waals surface area contributed by atoms with Gasteiger partial charge in [-0.3, -0.25) is 0 Å². The molecule has 0 fully saturated rings. The number of allylic oxidation sites excluding steroid dienone is 1. The van der Waals surface area contributed by atoms with Gasteiger partial charge >= 0.3 is 5.97 Å². The highest BCUT2D eigenvalue weighted by Gasteiger charge is 2.30. The Bertz CT molecular complexity index is 510. The monoisotopic (exact) mass is 311 g/mol. The van der Waals surface area contributed by atoms with Crippen molar-refractivity contribution >= 4 is 17.6 Å². The van der Waals surface area contributed by atoms with Crippen molar-refractivity contribution in [3.8, 4) is 5.88 Å². The maximum atomic E-state index is 11.6. The van der Waals surface area contributed by atoms with Crippen LogP contribution in [0.25, 0.3) is 0 Å². The van der Waals surface area contributed by atoms with Gasteiger partial charge in [0.25, 0.3) is 0 Å². The first-order chi connectivity index (χ1) is 10.0. The zero-order valence-electron chi connectivity index (χ0n) is 13.0. The van der Waals surface area contributed by atoms with E-state index < -0.39 is 0 Å². The Morgan fingerprint density at radius 3 is 2.52 bits per heavy atom. The number of aromatic nitrogens is 1. The number of carbonyl (C=O) groups is 1. The number of nitrogens with zero attached hydrogens (tertiary/aromatic N) is 1. The van der Waals surface area contributed by atoms with Gasteiger partial charge in [0, 0.05) is 17.1 Å². The van der Waals surface area contributed by atoms with Crippen molar-refractivity contribution in [3.05, 3.63) is 35.0 Å². The topological polar surface area (TPSA) is 48.4 Å². The van der Waals surface area contributed by atoms with E-state index in [1.54, 1.807) is 20.1 Å². The van der Waals surface area contributed by atoms with Gasteiger partial charge < -0.3 is 9.47 Å². The molecule has 0 aliphatic rings. The Balaban J connectivity index is 3.24. The summed E-state index contributed by atoms with van der Waals surface area (Å²) in [6, 6.07) is 3.63. The van der Waals surface area contributed by atoms with Gasteiger partial charge in [-0.2, -0.15) is 0 Å². The van der Waals surface area contributed by atoms with Crippen LogP contribution >= 0.6 is 11.6 Å². The molecule has 0 atom stereocenters. The maximum absolute atomic E-state index is 11.6. The summed E-state index contributed by atoms with van der Waals surface area (Å²) < 4.78 is 10.3. The molecule has 0 bridgehead atoms. The zero-order valence-corrected chi connectivity index (χ0v) is 13.7. The van der Waals surface area contributed by atoms with E-state index in [1.165, 1.54) is 6.08 Å². The van der Waals surface area contributed by atoms with Crippen molar-refractivity contribution in [3.63, 3.8) is 0 Å². The van der Waals surface area contributed by atoms with E-state index in [9.17, 15) is 4.79 Å². The average Bonchev–Trinajstić information content (AvgIpc) is 2.49.